The summed E-state index contributed by atoms with van der Waals surface area (Å²) in [5, 5.41) is 1.23. The first kappa shape index (κ1) is 12.4. The second kappa shape index (κ2) is 6.05. The molecule has 0 atom stereocenters. The molecule has 0 saturated heterocycles. The van der Waals surface area contributed by atoms with Crippen molar-refractivity contribution < 1.29 is 8.85 Å². The first-order valence-corrected chi connectivity index (χ1v) is 7.64. The molecule has 0 spiro atoms. The quantitative estimate of drug-likeness (QED) is 0.691. The average Bonchev–Trinajstić information content (AvgIpc) is 2.30. The molecule has 0 N–H and O–H groups in total. The molecule has 15 heavy (non-hydrogen) atoms. The number of hydrogen-bond donors (Lipinski definition) is 0. The van der Waals surface area contributed by atoms with Gasteiger partial charge in [0.1, 0.15) is 0 Å². The number of benzene rings is 1. The molecule has 2 nitrogen and oxygen atoms in total. The molecule has 0 radical (unpaired) electrons. The van der Waals surface area contributed by atoms with Crippen LogP contribution in [-0.2, 0) is 8.85 Å². The van der Waals surface area contributed by atoms with E-state index in [0.717, 1.165) is 19.3 Å². The molecule has 0 fully saturated rings. The van der Waals surface area contributed by atoms with Crippen LogP contribution in [0.4, 0.5) is 0 Å². The van der Waals surface area contributed by atoms with Crippen molar-refractivity contribution in [3.05, 3.63) is 30.3 Å². The van der Waals surface area contributed by atoms with Crippen molar-refractivity contribution >= 4 is 13.7 Å². The van der Waals surface area contributed by atoms with Crippen molar-refractivity contribution in [2.75, 3.05) is 13.2 Å². The van der Waals surface area contributed by atoms with Crippen LogP contribution in [0.5, 0.6) is 0 Å². The molecule has 3 heteroatoms. The molecule has 0 aromatic heterocycles. The van der Waals surface area contributed by atoms with Crippen LogP contribution in [0, 0.1) is 0 Å². The van der Waals surface area contributed by atoms with Crippen LogP contribution >= 0.6 is 0 Å². The monoisotopic (exact) mass is 224 g/mol. The summed E-state index contributed by atoms with van der Waals surface area (Å²) in [7, 11) is -2.15. The fourth-order valence-corrected chi connectivity index (χ4v) is 4.64. The van der Waals surface area contributed by atoms with Crippen molar-refractivity contribution in [2.24, 2.45) is 0 Å². The fourth-order valence-electron chi connectivity index (χ4n) is 1.77. The maximum atomic E-state index is 5.92. The topological polar surface area (TPSA) is 18.5 Å². The Labute approximate surface area is 93.5 Å². The highest BCUT2D eigenvalue weighted by Crippen LogP contribution is 2.13. The Kier molecular flexibility index (Phi) is 5.01. The second-order valence-electron chi connectivity index (χ2n) is 3.34. The summed E-state index contributed by atoms with van der Waals surface area (Å²) in [6.45, 7) is 7.63. The molecule has 0 aliphatic heterocycles. The number of hydrogen-bond acceptors (Lipinski definition) is 2. The Bertz CT molecular complexity index is 268. The molecule has 0 unspecified atom stereocenters. The van der Waals surface area contributed by atoms with Gasteiger partial charge in [0.05, 0.1) is 0 Å². The van der Waals surface area contributed by atoms with Gasteiger partial charge in [0, 0.05) is 13.2 Å². The van der Waals surface area contributed by atoms with Gasteiger partial charge in [0.15, 0.2) is 0 Å². The van der Waals surface area contributed by atoms with Gasteiger partial charge in [-0.25, -0.2) is 0 Å². The zero-order valence-corrected chi connectivity index (χ0v) is 10.8. The zero-order chi connectivity index (χ0) is 11.1. The van der Waals surface area contributed by atoms with Gasteiger partial charge < -0.3 is 8.85 Å². The molecule has 0 aliphatic carbocycles. The maximum Gasteiger partial charge on any atom is 0.372 e. The highest BCUT2D eigenvalue weighted by molar-refractivity contribution is 6.81. The molecular weight excluding hydrogens is 204 g/mol. The lowest BCUT2D eigenvalue weighted by molar-refractivity contribution is 0.197. The van der Waals surface area contributed by atoms with Crippen LogP contribution < -0.4 is 5.19 Å². The minimum absolute atomic E-state index is 0.717. The van der Waals surface area contributed by atoms with Crippen LogP contribution in [0.15, 0.2) is 30.3 Å². The molecule has 1 aromatic rings. The van der Waals surface area contributed by atoms with Crippen LogP contribution in [-0.4, -0.2) is 21.8 Å². The first-order valence-electron chi connectivity index (χ1n) is 5.62. The van der Waals surface area contributed by atoms with E-state index in [2.05, 4.69) is 19.1 Å². The molecule has 0 saturated carbocycles. The molecular formula is C12H20O2Si. The lowest BCUT2D eigenvalue weighted by Crippen LogP contribution is -2.53. The molecule has 0 bridgehead atoms. The summed E-state index contributed by atoms with van der Waals surface area (Å²) in [5.41, 5.74) is 0. The van der Waals surface area contributed by atoms with E-state index in [1.165, 1.54) is 5.19 Å². The number of rotatable bonds is 6. The third-order valence-corrected chi connectivity index (χ3v) is 6.09. The Morgan fingerprint density at radius 2 is 1.47 bits per heavy atom. The normalized spacial score (nSPS) is 11.7. The predicted octanol–water partition coefficient (Wildman–Crippen LogP) is 2.43. The third-order valence-electron chi connectivity index (χ3n) is 2.43. The van der Waals surface area contributed by atoms with Gasteiger partial charge in [-0.05, 0) is 25.1 Å². The third kappa shape index (κ3) is 2.90. The smallest absolute Gasteiger partial charge is 0.372 e. The van der Waals surface area contributed by atoms with E-state index in [0.29, 0.717) is 0 Å². The summed E-state index contributed by atoms with van der Waals surface area (Å²) < 4.78 is 11.8. The fraction of sp³-hybridized carbons (Fsp3) is 0.500. The summed E-state index contributed by atoms with van der Waals surface area (Å²) in [6.07, 6.45) is 0. The van der Waals surface area contributed by atoms with E-state index in [9.17, 15) is 0 Å². The van der Waals surface area contributed by atoms with Crippen molar-refractivity contribution in [2.45, 2.75) is 26.8 Å². The Balaban J connectivity index is 2.97. The standard InChI is InChI=1S/C12H20O2Si/c1-4-13-15(6-3,14-5-2)12-10-8-7-9-11-12/h7-11H,4-6H2,1-3H3. The minimum Gasteiger partial charge on any atom is -0.391 e. The largest absolute Gasteiger partial charge is 0.391 e. The lowest BCUT2D eigenvalue weighted by atomic mass is 10.4. The average molecular weight is 224 g/mol. The van der Waals surface area contributed by atoms with Gasteiger partial charge in [-0.3, -0.25) is 0 Å². The Morgan fingerprint density at radius 1 is 0.933 bits per heavy atom. The van der Waals surface area contributed by atoms with Crippen molar-refractivity contribution in [1.82, 2.24) is 0 Å². The van der Waals surface area contributed by atoms with E-state index in [-0.39, 0.29) is 0 Å². The minimum atomic E-state index is -2.15. The van der Waals surface area contributed by atoms with Crippen molar-refractivity contribution in [3.8, 4) is 0 Å². The molecule has 1 aromatic carbocycles. The van der Waals surface area contributed by atoms with Gasteiger partial charge in [-0.15, -0.1) is 0 Å². The van der Waals surface area contributed by atoms with Crippen LogP contribution in [0.25, 0.3) is 0 Å². The van der Waals surface area contributed by atoms with E-state index < -0.39 is 8.56 Å². The van der Waals surface area contributed by atoms with Gasteiger partial charge in [0.25, 0.3) is 0 Å². The molecule has 0 amide bonds. The summed E-state index contributed by atoms with van der Waals surface area (Å²) >= 11 is 0. The van der Waals surface area contributed by atoms with Gasteiger partial charge in [-0.1, -0.05) is 37.3 Å². The molecule has 1 rings (SSSR count). The molecule has 0 heterocycles. The lowest BCUT2D eigenvalue weighted by Gasteiger charge is -2.29. The highest BCUT2D eigenvalue weighted by atomic mass is 28.4. The molecule has 84 valence electrons. The van der Waals surface area contributed by atoms with E-state index in [1.54, 1.807) is 0 Å². The highest BCUT2D eigenvalue weighted by Gasteiger charge is 2.37. The zero-order valence-electron chi connectivity index (χ0n) is 9.82. The summed E-state index contributed by atoms with van der Waals surface area (Å²) in [4.78, 5) is 0. The van der Waals surface area contributed by atoms with Crippen molar-refractivity contribution in [1.29, 1.82) is 0 Å². The van der Waals surface area contributed by atoms with Gasteiger partial charge >= 0.3 is 8.56 Å². The molecule has 0 aliphatic rings. The van der Waals surface area contributed by atoms with Crippen LogP contribution in [0.1, 0.15) is 20.8 Å². The SMILES string of the molecule is CCO[Si](CC)(OCC)c1ccccc1. The second-order valence-corrected chi connectivity index (χ2v) is 6.71. The van der Waals surface area contributed by atoms with E-state index >= 15 is 0 Å². The van der Waals surface area contributed by atoms with Gasteiger partial charge in [0.2, 0.25) is 0 Å². The summed E-state index contributed by atoms with van der Waals surface area (Å²) in [5.74, 6) is 0. The predicted molar refractivity (Wildman–Crippen MR) is 65.6 cm³/mol. The summed E-state index contributed by atoms with van der Waals surface area (Å²) in [6, 6.07) is 11.3. The Morgan fingerprint density at radius 3 is 1.87 bits per heavy atom. The maximum absolute atomic E-state index is 5.92. The Hall–Kier alpha value is -0.643. The van der Waals surface area contributed by atoms with Gasteiger partial charge in [-0.2, -0.15) is 0 Å². The van der Waals surface area contributed by atoms with E-state index in [1.807, 2.05) is 32.0 Å². The van der Waals surface area contributed by atoms with Crippen LogP contribution in [0.3, 0.4) is 0 Å². The first-order chi connectivity index (χ1) is 7.29. The van der Waals surface area contributed by atoms with Crippen LogP contribution in [0.2, 0.25) is 6.04 Å². The van der Waals surface area contributed by atoms with Crippen molar-refractivity contribution in [3.63, 3.8) is 0 Å². The van der Waals surface area contributed by atoms with E-state index in [4.69, 9.17) is 8.85 Å².